The SMILES string of the molecule is COc1ccc(N(CC(=O)N/N=C(/C)CCc2ccccc2)S(=O)(=O)c2ccc(C)cc2)c(OC)c1. The minimum atomic E-state index is -4.10. The highest BCUT2D eigenvalue weighted by Gasteiger charge is 2.29. The first-order valence-corrected chi connectivity index (χ1v) is 12.9. The molecule has 0 unspecified atom stereocenters. The summed E-state index contributed by atoms with van der Waals surface area (Å²) in [6.07, 6.45) is 1.44. The molecule has 0 aliphatic heterocycles. The molecule has 0 spiro atoms. The number of ether oxygens (including phenoxy) is 2. The summed E-state index contributed by atoms with van der Waals surface area (Å²) in [5.74, 6) is 0.161. The smallest absolute Gasteiger partial charge is 0.264 e. The Bertz CT molecular complexity index is 1310. The zero-order valence-electron chi connectivity index (χ0n) is 20.9. The largest absolute Gasteiger partial charge is 0.497 e. The van der Waals surface area contributed by atoms with Crippen molar-refractivity contribution in [2.45, 2.75) is 31.6 Å². The van der Waals surface area contributed by atoms with Crippen molar-refractivity contribution in [3.63, 3.8) is 0 Å². The number of carbonyl (C=O) groups excluding carboxylic acids is 1. The minimum absolute atomic E-state index is 0.0568. The van der Waals surface area contributed by atoms with Crippen LogP contribution in [0.4, 0.5) is 5.69 Å². The van der Waals surface area contributed by atoms with Crippen LogP contribution in [0.2, 0.25) is 0 Å². The van der Waals surface area contributed by atoms with Gasteiger partial charge in [0.15, 0.2) is 0 Å². The van der Waals surface area contributed by atoms with Crippen molar-refractivity contribution in [3.8, 4) is 11.5 Å². The van der Waals surface area contributed by atoms with Gasteiger partial charge in [-0.15, -0.1) is 0 Å². The van der Waals surface area contributed by atoms with Gasteiger partial charge in [0.2, 0.25) is 0 Å². The van der Waals surface area contributed by atoms with Crippen LogP contribution in [0.5, 0.6) is 11.5 Å². The van der Waals surface area contributed by atoms with Crippen LogP contribution in [0.15, 0.2) is 82.8 Å². The van der Waals surface area contributed by atoms with Gasteiger partial charge in [-0.05, 0) is 56.5 Å². The van der Waals surface area contributed by atoms with E-state index in [-0.39, 0.29) is 16.3 Å². The van der Waals surface area contributed by atoms with Gasteiger partial charge >= 0.3 is 0 Å². The van der Waals surface area contributed by atoms with Gasteiger partial charge in [0.1, 0.15) is 18.0 Å². The van der Waals surface area contributed by atoms with Crippen LogP contribution in [0.1, 0.15) is 24.5 Å². The van der Waals surface area contributed by atoms with E-state index in [1.54, 1.807) is 30.3 Å². The Balaban J connectivity index is 1.85. The molecule has 3 aromatic rings. The number of hydrogen-bond donors (Lipinski definition) is 1. The molecule has 0 aliphatic carbocycles. The van der Waals surface area contributed by atoms with Crippen LogP contribution in [0, 0.1) is 6.92 Å². The molecule has 1 N–H and O–H groups in total. The molecule has 3 aromatic carbocycles. The molecule has 0 saturated heterocycles. The van der Waals surface area contributed by atoms with E-state index in [1.807, 2.05) is 44.2 Å². The van der Waals surface area contributed by atoms with Crippen molar-refractivity contribution in [3.05, 3.63) is 83.9 Å². The summed E-state index contributed by atoms with van der Waals surface area (Å²) < 4.78 is 38.9. The number of nitrogens with one attached hydrogen (secondary N) is 1. The first-order chi connectivity index (χ1) is 17.2. The van der Waals surface area contributed by atoms with Gasteiger partial charge in [-0.1, -0.05) is 48.0 Å². The molecule has 36 heavy (non-hydrogen) atoms. The molecule has 0 heterocycles. The lowest BCUT2D eigenvalue weighted by molar-refractivity contribution is -0.119. The van der Waals surface area contributed by atoms with Crippen LogP contribution in [0.25, 0.3) is 0 Å². The molecule has 0 atom stereocenters. The molecular weight excluding hydrogens is 478 g/mol. The minimum Gasteiger partial charge on any atom is -0.497 e. The van der Waals surface area contributed by atoms with Gasteiger partial charge in [0.25, 0.3) is 15.9 Å². The van der Waals surface area contributed by atoms with Crippen LogP contribution in [-0.2, 0) is 21.2 Å². The Kier molecular flexibility index (Phi) is 9.08. The number of carbonyl (C=O) groups is 1. The van der Waals surface area contributed by atoms with Crippen molar-refractivity contribution < 1.29 is 22.7 Å². The molecule has 0 fully saturated rings. The zero-order chi connectivity index (χ0) is 26.1. The van der Waals surface area contributed by atoms with E-state index < -0.39 is 22.5 Å². The first-order valence-electron chi connectivity index (χ1n) is 11.4. The Labute approximate surface area is 212 Å². The van der Waals surface area contributed by atoms with Gasteiger partial charge in [0.05, 0.1) is 24.8 Å². The van der Waals surface area contributed by atoms with Crippen LogP contribution >= 0.6 is 0 Å². The number of rotatable bonds is 11. The highest BCUT2D eigenvalue weighted by Crippen LogP contribution is 2.35. The number of hydrogen-bond acceptors (Lipinski definition) is 6. The second-order valence-electron chi connectivity index (χ2n) is 8.23. The maximum absolute atomic E-state index is 13.6. The molecule has 9 heteroatoms. The van der Waals surface area contributed by atoms with Crippen molar-refractivity contribution in [2.75, 3.05) is 25.1 Å². The zero-order valence-corrected chi connectivity index (χ0v) is 21.7. The number of methoxy groups -OCH3 is 2. The highest BCUT2D eigenvalue weighted by atomic mass is 32.2. The summed E-state index contributed by atoms with van der Waals surface area (Å²) >= 11 is 0. The fraction of sp³-hybridized carbons (Fsp3) is 0.259. The fourth-order valence-electron chi connectivity index (χ4n) is 3.48. The molecule has 3 rings (SSSR count). The second kappa shape index (κ2) is 12.2. The Morgan fingerprint density at radius 1 is 0.972 bits per heavy atom. The lowest BCUT2D eigenvalue weighted by Crippen LogP contribution is -2.40. The summed E-state index contributed by atoms with van der Waals surface area (Å²) in [7, 11) is -1.17. The summed E-state index contributed by atoms with van der Waals surface area (Å²) in [6.45, 7) is 3.19. The van der Waals surface area contributed by atoms with Crippen molar-refractivity contribution in [1.29, 1.82) is 0 Å². The molecule has 0 aliphatic rings. The molecular formula is C27H31N3O5S. The average molecular weight is 510 g/mol. The summed E-state index contributed by atoms with van der Waals surface area (Å²) in [6, 6.07) is 21.1. The molecule has 190 valence electrons. The van der Waals surface area contributed by atoms with Crippen molar-refractivity contribution >= 4 is 27.3 Å². The maximum atomic E-state index is 13.6. The van der Waals surface area contributed by atoms with Gasteiger partial charge in [-0.2, -0.15) is 5.10 Å². The molecule has 0 saturated carbocycles. The lowest BCUT2D eigenvalue weighted by atomic mass is 10.1. The van der Waals surface area contributed by atoms with E-state index in [9.17, 15) is 13.2 Å². The van der Waals surface area contributed by atoms with E-state index in [0.29, 0.717) is 12.2 Å². The highest BCUT2D eigenvalue weighted by molar-refractivity contribution is 7.92. The first kappa shape index (κ1) is 26.7. The van der Waals surface area contributed by atoms with E-state index in [4.69, 9.17) is 9.47 Å². The Morgan fingerprint density at radius 2 is 1.67 bits per heavy atom. The van der Waals surface area contributed by atoms with Crippen molar-refractivity contribution in [1.82, 2.24) is 5.43 Å². The standard InChI is InChI=1S/C27H31N3O5S/c1-20-10-15-24(16-11-20)36(32,33)30(25-17-14-23(34-3)18-26(25)35-4)19-27(31)29-28-21(2)12-13-22-8-6-5-7-9-22/h5-11,14-18H,12-13,19H2,1-4H3,(H,29,31)/b28-21-. The van der Waals surface area contributed by atoms with Crippen LogP contribution < -0.4 is 19.2 Å². The molecule has 1 amide bonds. The average Bonchev–Trinajstić information content (AvgIpc) is 2.89. The van der Waals surface area contributed by atoms with E-state index >= 15 is 0 Å². The van der Waals surface area contributed by atoms with Gasteiger partial charge < -0.3 is 9.47 Å². The van der Waals surface area contributed by atoms with E-state index in [2.05, 4.69) is 10.5 Å². The molecule has 8 nitrogen and oxygen atoms in total. The summed E-state index contributed by atoms with van der Waals surface area (Å²) in [4.78, 5) is 12.9. The number of sulfonamides is 1. The van der Waals surface area contributed by atoms with E-state index in [0.717, 1.165) is 22.0 Å². The third kappa shape index (κ3) is 6.85. The second-order valence-corrected chi connectivity index (χ2v) is 10.1. The predicted octanol–water partition coefficient (Wildman–Crippen LogP) is 4.33. The van der Waals surface area contributed by atoms with Crippen LogP contribution in [0.3, 0.4) is 0 Å². The quantitative estimate of drug-likeness (QED) is 0.307. The van der Waals surface area contributed by atoms with Gasteiger partial charge in [0, 0.05) is 11.8 Å². The topological polar surface area (TPSA) is 97.3 Å². The van der Waals surface area contributed by atoms with Crippen LogP contribution in [-0.4, -0.2) is 40.8 Å². The molecule has 0 aromatic heterocycles. The third-order valence-corrected chi connectivity index (χ3v) is 7.32. The Morgan fingerprint density at radius 3 is 2.31 bits per heavy atom. The third-order valence-electron chi connectivity index (χ3n) is 5.54. The normalized spacial score (nSPS) is 11.6. The van der Waals surface area contributed by atoms with E-state index in [1.165, 1.54) is 31.9 Å². The fourth-order valence-corrected chi connectivity index (χ4v) is 4.91. The monoisotopic (exact) mass is 509 g/mol. The molecule has 0 bridgehead atoms. The maximum Gasteiger partial charge on any atom is 0.264 e. The number of amides is 1. The molecule has 0 radical (unpaired) electrons. The van der Waals surface area contributed by atoms with Gasteiger partial charge in [-0.3, -0.25) is 9.10 Å². The summed E-state index contributed by atoms with van der Waals surface area (Å²) in [5.41, 5.74) is 5.50. The van der Waals surface area contributed by atoms with Gasteiger partial charge in [-0.25, -0.2) is 13.8 Å². The number of aryl methyl sites for hydroxylation is 2. The number of anilines is 1. The number of benzene rings is 3. The Hall–Kier alpha value is -3.85. The number of hydrazone groups is 1. The number of nitrogens with zero attached hydrogens (tertiary/aromatic N) is 2. The lowest BCUT2D eigenvalue weighted by Gasteiger charge is -2.25. The predicted molar refractivity (Wildman–Crippen MR) is 141 cm³/mol. The summed E-state index contributed by atoms with van der Waals surface area (Å²) in [5, 5.41) is 4.17. The van der Waals surface area contributed by atoms with Crippen molar-refractivity contribution in [2.24, 2.45) is 5.10 Å².